The fourth-order valence-corrected chi connectivity index (χ4v) is 12.0. The number of nitrogens with zero attached hydrogens (tertiary/aromatic N) is 2. The smallest absolute Gasteiger partial charge is 0.272 e. The van der Waals surface area contributed by atoms with E-state index in [9.17, 15) is 9.18 Å². The molecule has 5 heterocycles. The van der Waals surface area contributed by atoms with E-state index in [2.05, 4.69) is 91.7 Å². The van der Waals surface area contributed by atoms with Crippen molar-refractivity contribution in [1.29, 1.82) is 0 Å². The lowest BCUT2D eigenvalue weighted by molar-refractivity contribution is -0.0142. The highest BCUT2D eigenvalue weighted by Crippen LogP contribution is 2.45. The van der Waals surface area contributed by atoms with Crippen LogP contribution in [0.2, 0.25) is 5.04 Å². The van der Waals surface area contributed by atoms with Gasteiger partial charge in [-0.2, -0.15) is 0 Å². The van der Waals surface area contributed by atoms with E-state index in [0.29, 0.717) is 24.1 Å². The van der Waals surface area contributed by atoms with Gasteiger partial charge in [-0.1, -0.05) is 81.4 Å². The van der Waals surface area contributed by atoms with Crippen LogP contribution in [0.3, 0.4) is 0 Å². The zero-order valence-electron chi connectivity index (χ0n) is 22.3. The fraction of sp³-hybridized carbons (Fsp3) is 0.419. The summed E-state index contributed by atoms with van der Waals surface area (Å²) in [7, 11) is -2.83. The molecule has 0 radical (unpaired) electrons. The summed E-state index contributed by atoms with van der Waals surface area (Å²) in [6.45, 7) is 8.46. The molecule has 1 saturated carbocycles. The van der Waals surface area contributed by atoms with E-state index in [1.807, 2.05) is 4.90 Å². The van der Waals surface area contributed by atoms with Crippen LogP contribution in [0.4, 0.5) is 4.39 Å². The predicted molar refractivity (Wildman–Crippen MR) is 150 cm³/mol. The van der Waals surface area contributed by atoms with Crippen LogP contribution in [0.1, 0.15) is 44.1 Å². The van der Waals surface area contributed by atoms with Crippen molar-refractivity contribution in [2.24, 2.45) is 11.8 Å². The van der Waals surface area contributed by atoms with Gasteiger partial charge in [-0.05, 0) is 52.2 Å². The molecule has 3 aromatic rings. The number of pyridine rings is 1. The molecule has 1 aromatic heterocycles. The molecule has 4 bridgehead atoms. The first kappa shape index (κ1) is 25.4. The molecule has 1 amide bonds. The molecular weight excluding hydrogens is 493 g/mol. The van der Waals surface area contributed by atoms with Gasteiger partial charge in [-0.25, -0.2) is 9.37 Å². The quantitative estimate of drug-likeness (QED) is 0.508. The molecule has 0 unspecified atom stereocenters. The Morgan fingerprint density at radius 1 is 1.00 bits per heavy atom. The molecule has 5 atom stereocenters. The number of hydrogen-bond acceptors (Lipinski definition) is 4. The Morgan fingerprint density at radius 2 is 1.66 bits per heavy atom. The molecule has 5 fully saturated rings. The van der Waals surface area contributed by atoms with Crippen molar-refractivity contribution in [2.75, 3.05) is 13.1 Å². The van der Waals surface area contributed by atoms with E-state index in [-0.39, 0.29) is 29.1 Å². The van der Waals surface area contributed by atoms with Gasteiger partial charge < -0.3 is 14.6 Å². The summed E-state index contributed by atoms with van der Waals surface area (Å²) in [5.74, 6) is 0.159. The first-order chi connectivity index (χ1) is 18.3. The van der Waals surface area contributed by atoms with Gasteiger partial charge in [0.2, 0.25) is 0 Å². The number of halogens is 1. The largest absolute Gasteiger partial charge is 0.401 e. The maximum absolute atomic E-state index is 13.9. The third-order valence-corrected chi connectivity index (χ3v) is 13.9. The topological polar surface area (TPSA) is 54.5 Å². The zero-order valence-corrected chi connectivity index (χ0v) is 23.3. The van der Waals surface area contributed by atoms with Gasteiger partial charge in [-0.3, -0.25) is 4.79 Å². The van der Waals surface area contributed by atoms with Crippen LogP contribution in [-0.2, 0) is 4.43 Å². The molecule has 1 N–H and O–H groups in total. The Kier molecular flexibility index (Phi) is 6.49. The van der Waals surface area contributed by atoms with Crippen LogP contribution in [0.15, 0.2) is 79.0 Å². The van der Waals surface area contributed by atoms with Crippen LogP contribution in [0, 0.1) is 17.7 Å². The minimum Gasteiger partial charge on any atom is -0.401 e. The van der Waals surface area contributed by atoms with Crippen molar-refractivity contribution in [3.63, 3.8) is 0 Å². The van der Waals surface area contributed by atoms with Gasteiger partial charge in [0.15, 0.2) is 0 Å². The number of fused-ring (bicyclic) bond motifs is 2. The molecule has 1 aliphatic carbocycles. The molecule has 198 valence electrons. The third kappa shape index (κ3) is 4.21. The predicted octanol–water partition coefficient (Wildman–Crippen LogP) is 3.99. The molecular formula is C31H36FN3O2Si. The lowest BCUT2D eigenvalue weighted by Crippen LogP contribution is -2.73. The summed E-state index contributed by atoms with van der Waals surface area (Å²) in [6, 6.07) is 24.4. The highest BCUT2D eigenvalue weighted by atomic mass is 28.4. The first-order valence-corrected chi connectivity index (χ1v) is 15.6. The summed E-state index contributed by atoms with van der Waals surface area (Å²) in [5.41, 5.74) is 0.298. The zero-order chi connectivity index (χ0) is 26.5. The summed E-state index contributed by atoms with van der Waals surface area (Å²) in [5, 5.41) is 6.13. The second-order valence-electron chi connectivity index (χ2n) is 12.2. The molecule has 5 aliphatic rings. The third-order valence-electron chi connectivity index (χ3n) is 8.83. The average Bonchev–Trinajstić information content (AvgIpc) is 3.25. The summed E-state index contributed by atoms with van der Waals surface area (Å²) in [6.07, 6.45) is 3.05. The van der Waals surface area contributed by atoms with Gasteiger partial charge in [0.1, 0.15) is 11.5 Å². The van der Waals surface area contributed by atoms with Crippen molar-refractivity contribution in [3.05, 3.63) is 90.5 Å². The Morgan fingerprint density at radius 3 is 2.24 bits per heavy atom. The van der Waals surface area contributed by atoms with Gasteiger partial charge in [0, 0.05) is 19.1 Å². The number of hydrogen-bond donors (Lipinski definition) is 1. The summed E-state index contributed by atoms with van der Waals surface area (Å²) in [4.78, 5) is 20.0. The molecule has 0 spiro atoms. The Labute approximate surface area is 225 Å². The molecule has 5 nitrogen and oxygen atoms in total. The number of nitrogens with one attached hydrogen (secondary N) is 1. The molecule has 4 saturated heterocycles. The highest BCUT2D eigenvalue weighted by Gasteiger charge is 2.58. The highest BCUT2D eigenvalue weighted by molar-refractivity contribution is 6.99. The van der Waals surface area contributed by atoms with Crippen molar-refractivity contribution < 1.29 is 13.6 Å². The van der Waals surface area contributed by atoms with Crippen LogP contribution in [0.25, 0.3) is 0 Å². The minimum atomic E-state index is -2.83. The maximum atomic E-state index is 13.9. The van der Waals surface area contributed by atoms with Crippen LogP contribution >= 0.6 is 0 Å². The maximum Gasteiger partial charge on any atom is 0.272 e. The van der Waals surface area contributed by atoms with E-state index in [0.717, 1.165) is 25.6 Å². The molecule has 38 heavy (non-hydrogen) atoms. The summed E-state index contributed by atoms with van der Waals surface area (Å²) >= 11 is 0. The summed E-state index contributed by atoms with van der Waals surface area (Å²) < 4.78 is 21.3. The SMILES string of the molecule is CC(C)(C)[Si](O[C@H]1[C@@H]2[C@H]3CN[C@@H]1C[C@H](C3)CN2C(=O)c1ccc(F)cn1)(c1ccccc1)c1ccccc1. The van der Waals surface area contributed by atoms with Gasteiger partial charge in [0.25, 0.3) is 14.2 Å². The van der Waals surface area contributed by atoms with E-state index < -0.39 is 14.1 Å². The Hall–Kier alpha value is -2.87. The molecule has 4 aliphatic heterocycles. The number of carbonyl (C=O) groups is 1. The van der Waals surface area contributed by atoms with E-state index in [1.165, 1.54) is 22.5 Å². The number of carbonyl (C=O) groups excluding carboxylic acids is 1. The lowest BCUT2D eigenvalue weighted by atomic mass is 9.82. The first-order valence-electron chi connectivity index (χ1n) is 13.7. The Balaban J connectivity index is 1.47. The van der Waals surface area contributed by atoms with Crippen LogP contribution in [0.5, 0.6) is 0 Å². The molecule has 2 aromatic carbocycles. The van der Waals surface area contributed by atoms with E-state index in [1.54, 1.807) is 0 Å². The lowest BCUT2D eigenvalue weighted by Gasteiger charge is -2.52. The second kappa shape index (κ2) is 9.70. The van der Waals surface area contributed by atoms with Crippen molar-refractivity contribution in [3.8, 4) is 0 Å². The number of aromatic nitrogens is 1. The normalized spacial score (nSPS) is 26.8. The second-order valence-corrected chi connectivity index (χ2v) is 16.4. The van der Waals surface area contributed by atoms with Gasteiger partial charge in [0.05, 0.1) is 18.3 Å². The van der Waals surface area contributed by atoms with E-state index >= 15 is 0 Å². The molecule has 8 rings (SSSR count). The number of rotatable bonds is 5. The Bertz CT molecular complexity index is 1240. The average molecular weight is 530 g/mol. The van der Waals surface area contributed by atoms with Gasteiger partial charge in [-0.15, -0.1) is 0 Å². The van der Waals surface area contributed by atoms with E-state index in [4.69, 9.17) is 4.43 Å². The standard InChI is InChI=1S/C31H36FN3O2Si/c1-31(2,3)38(24-10-6-4-7-11-24,25-12-8-5-9-13-25)37-29-27-17-21-16-22(18-33-27)28(29)35(20-21)30(36)26-15-14-23(32)19-34-26/h4-15,19,21-22,27-29,33H,16-18,20H2,1-3H3/t21-,22+,27+,28-,29+/m0/s1. The fourth-order valence-electron chi connectivity index (χ4n) is 7.27. The van der Waals surface area contributed by atoms with Crippen molar-refractivity contribution in [2.45, 2.75) is 56.8 Å². The number of benzene rings is 2. The number of amides is 1. The van der Waals surface area contributed by atoms with Crippen molar-refractivity contribution in [1.82, 2.24) is 15.2 Å². The number of piperidine rings is 2. The van der Waals surface area contributed by atoms with Crippen molar-refractivity contribution >= 4 is 24.6 Å². The minimum absolute atomic E-state index is 0.0546. The monoisotopic (exact) mass is 529 g/mol. The van der Waals surface area contributed by atoms with Crippen LogP contribution < -0.4 is 15.7 Å². The van der Waals surface area contributed by atoms with Gasteiger partial charge >= 0.3 is 0 Å². The van der Waals surface area contributed by atoms with Crippen LogP contribution in [-0.4, -0.2) is 55.4 Å². The molecule has 7 heteroatoms.